The number of halogens is 2. The molecule has 1 atom stereocenters. The van der Waals surface area contributed by atoms with E-state index in [4.69, 9.17) is 16.0 Å². The van der Waals surface area contributed by atoms with Crippen molar-refractivity contribution in [1.82, 2.24) is 14.8 Å². The van der Waals surface area contributed by atoms with Crippen molar-refractivity contribution in [2.24, 2.45) is 0 Å². The molecule has 1 amide bonds. The lowest BCUT2D eigenvalue weighted by Gasteiger charge is -2.13. The molecule has 0 aliphatic heterocycles. The Morgan fingerprint density at radius 3 is 2.65 bits per heavy atom. The molecule has 0 aliphatic carbocycles. The lowest BCUT2D eigenvalue weighted by molar-refractivity contribution is -0.115. The smallest absolute Gasteiger partial charge is 0.237 e. The first-order valence-electron chi connectivity index (χ1n) is 9.45. The molecular weight excluding hydrogens is 439 g/mol. The summed E-state index contributed by atoms with van der Waals surface area (Å²) in [6, 6.07) is 17.0. The van der Waals surface area contributed by atoms with Gasteiger partial charge in [0.15, 0.2) is 11.0 Å². The lowest BCUT2D eigenvalue weighted by atomic mass is 10.2. The van der Waals surface area contributed by atoms with Gasteiger partial charge >= 0.3 is 0 Å². The average molecular weight is 457 g/mol. The minimum absolute atomic E-state index is 0.138. The number of carbonyl (C=O) groups excluding carboxylic acids is 1. The minimum Gasteiger partial charge on any atom is -0.467 e. The number of nitrogens with one attached hydrogen (secondary N) is 1. The Bertz CT molecular complexity index is 1180. The third-order valence-electron chi connectivity index (χ3n) is 4.50. The van der Waals surface area contributed by atoms with Crippen LogP contribution in [-0.4, -0.2) is 25.9 Å². The summed E-state index contributed by atoms with van der Waals surface area (Å²) in [5, 5.41) is 11.8. The fourth-order valence-corrected chi connectivity index (χ4v) is 3.87. The predicted octanol–water partition coefficient (Wildman–Crippen LogP) is 5.50. The van der Waals surface area contributed by atoms with Crippen molar-refractivity contribution in [2.75, 3.05) is 5.32 Å². The topological polar surface area (TPSA) is 73.0 Å². The molecule has 1 unspecified atom stereocenters. The molecule has 1 N–H and O–H groups in total. The number of carbonyl (C=O) groups is 1. The number of hydrogen-bond donors (Lipinski definition) is 1. The zero-order valence-electron chi connectivity index (χ0n) is 16.5. The van der Waals surface area contributed by atoms with Crippen LogP contribution in [0.15, 0.2) is 76.5 Å². The molecule has 9 heteroatoms. The highest BCUT2D eigenvalue weighted by atomic mass is 35.5. The van der Waals surface area contributed by atoms with Gasteiger partial charge in [-0.05, 0) is 55.5 Å². The summed E-state index contributed by atoms with van der Waals surface area (Å²) in [5.41, 5.74) is 0.970. The van der Waals surface area contributed by atoms with Crippen LogP contribution in [0.1, 0.15) is 12.7 Å². The molecule has 0 saturated heterocycles. The summed E-state index contributed by atoms with van der Waals surface area (Å²) >= 11 is 7.24. The Morgan fingerprint density at radius 1 is 1.16 bits per heavy atom. The first kappa shape index (κ1) is 21.1. The van der Waals surface area contributed by atoms with Gasteiger partial charge in [-0.25, -0.2) is 4.39 Å². The van der Waals surface area contributed by atoms with Crippen LogP contribution in [0.2, 0.25) is 5.02 Å². The van der Waals surface area contributed by atoms with E-state index in [1.807, 2.05) is 22.8 Å². The van der Waals surface area contributed by atoms with Crippen LogP contribution >= 0.6 is 23.4 Å². The number of nitrogens with zero attached hydrogens (tertiary/aromatic N) is 3. The van der Waals surface area contributed by atoms with Crippen LogP contribution in [0.5, 0.6) is 0 Å². The molecule has 0 radical (unpaired) electrons. The summed E-state index contributed by atoms with van der Waals surface area (Å²) in [7, 11) is 0. The Hall–Kier alpha value is -3.10. The number of furan rings is 1. The van der Waals surface area contributed by atoms with Crippen molar-refractivity contribution < 1.29 is 13.6 Å². The molecule has 4 aromatic rings. The van der Waals surface area contributed by atoms with Gasteiger partial charge in [0.25, 0.3) is 0 Å². The molecule has 0 bridgehead atoms. The maximum atomic E-state index is 13.9. The summed E-state index contributed by atoms with van der Waals surface area (Å²) in [6.45, 7) is 2.12. The van der Waals surface area contributed by atoms with E-state index in [1.54, 1.807) is 43.5 Å². The fraction of sp³-hybridized carbons (Fsp3) is 0.136. The second-order valence-electron chi connectivity index (χ2n) is 6.71. The zero-order chi connectivity index (χ0) is 21.8. The molecule has 158 valence electrons. The normalized spacial score (nSPS) is 12.0. The summed E-state index contributed by atoms with van der Waals surface area (Å²) in [5.74, 6) is 0.521. The number of thioether (sulfide) groups is 1. The molecule has 0 fully saturated rings. The van der Waals surface area contributed by atoms with Gasteiger partial charge in [0, 0.05) is 10.6 Å². The molecule has 2 aromatic heterocycles. The van der Waals surface area contributed by atoms with Crippen LogP contribution in [0.3, 0.4) is 0 Å². The Morgan fingerprint density at radius 2 is 1.94 bits per heavy atom. The van der Waals surface area contributed by atoms with Crippen LogP contribution in [-0.2, 0) is 11.3 Å². The zero-order valence-corrected chi connectivity index (χ0v) is 18.0. The largest absolute Gasteiger partial charge is 0.467 e. The Labute approximate surface area is 187 Å². The van der Waals surface area contributed by atoms with E-state index < -0.39 is 11.1 Å². The van der Waals surface area contributed by atoms with Gasteiger partial charge in [0.05, 0.1) is 23.7 Å². The predicted molar refractivity (Wildman–Crippen MR) is 119 cm³/mol. The Balaban J connectivity index is 1.59. The van der Waals surface area contributed by atoms with Crippen LogP contribution in [0, 0.1) is 5.82 Å². The van der Waals surface area contributed by atoms with Gasteiger partial charge in [0.2, 0.25) is 5.91 Å². The molecule has 0 aliphatic rings. The molecule has 2 heterocycles. The molecule has 0 spiro atoms. The molecule has 4 rings (SSSR count). The van der Waals surface area contributed by atoms with Crippen LogP contribution < -0.4 is 5.32 Å². The maximum absolute atomic E-state index is 13.9. The number of aromatic nitrogens is 3. The monoisotopic (exact) mass is 456 g/mol. The van der Waals surface area contributed by atoms with Crippen molar-refractivity contribution in [1.29, 1.82) is 0 Å². The highest BCUT2D eigenvalue weighted by Gasteiger charge is 2.22. The van der Waals surface area contributed by atoms with Crippen molar-refractivity contribution >= 4 is 35.0 Å². The SMILES string of the molecule is CC(Sc1nnc(-c2ccc(Cl)cc2)n1Cc1ccco1)C(=O)Nc1ccccc1F. The number of para-hydroxylation sites is 1. The number of amides is 1. The molecule has 6 nitrogen and oxygen atoms in total. The van der Waals surface area contributed by atoms with Gasteiger partial charge in [-0.1, -0.05) is 35.5 Å². The number of hydrogen-bond acceptors (Lipinski definition) is 5. The lowest BCUT2D eigenvalue weighted by Crippen LogP contribution is -2.23. The van der Waals surface area contributed by atoms with Gasteiger partial charge in [-0.3, -0.25) is 9.36 Å². The van der Waals surface area contributed by atoms with Crippen LogP contribution in [0.25, 0.3) is 11.4 Å². The quantitative estimate of drug-likeness (QED) is 0.372. The van der Waals surface area contributed by atoms with Crippen molar-refractivity contribution in [3.05, 3.63) is 83.5 Å². The van der Waals surface area contributed by atoms with Gasteiger partial charge < -0.3 is 9.73 Å². The minimum atomic E-state index is -0.544. The molecule has 0 saturated carbocycles. The third-order valence-corrected chi connectivity index (χ3v) is 5.83. The average Bonchev–Trinajstić information content (AvgIpc) is 3.41. The van der Waals surface area contributed by atoms with Gasteiger partial charge in [0.1, 0.15) is 11.6 Å². The van der Waals surface area contributed by atoms with Crippen LogP contribution in [0.4, 0.5) is 10.1 Å². The van der Waals surface area contributed by atoms with Crippen molar-refractivity contribution in [2.45, 2.75) is 23.9 Å². The summed E-state index contributed by atoms with van der Waals surface area (Å²) in [4.78, 5) is 12.6. The number of anilines is 1. The van der Waals surface area contributed by atoms with Crippen molar-refractivity contribution in [3.63, 3.8) is 0 Å². The van der Waals surface area contributed by atoms with Gasteiger partial charge in [-0.15, -0.1) is 10.2 Å². The summed E-state index contributed by atoms with van der Waals surface area (Å²) in [6.07, 6.45) is 1.60. The first-order chi connectivity index (χ1) is 15.0. The number of benzene rings is 2. The summed E-state index contributed by atoms with van der Waals surface area (Å²) < 4.78 is 21.2. The highest BCUT2D eigenvalue weighted by molar-refractivity contribution is 8.00. The van der Waals surface area contributed by atoms with Crippen molar-refractivity contribution in [3.8, 4) is 11.4 Å². The molecule has 2 aromatic carbocycles. The van der Waals surface area contributed by atoms with E-state index in [2.05, 4.69) is 15.5 Å². The highest BCUT2D eigenvalue weighted by Crippen LogP contribution is 2.29. The molecular formula is C22H18ClFN4O2S. The third kappa shape index (κ3) is 4.98. The van der Waals surface area contributed by atoms with E-state index in [1.165, 1.54) is 23.9 Å². The van der Waals surface area contributed by atoms with E-state index in [9.17, 15) is 9.18 Å². The van der Waals surface area contributed by atoms with E-state index >= 15 is 0 Å². The first-order valence-corrected chi connectivity index (χ1v) is 10.7. The molecule has 31 heavy (non-hydrogen) atoms. The second-order valence-corrected chi connectivity index (χ2v) is 8.45. The van der Waals surface area contributed by atoms with Gasteiger partial charge in [-0.2, -0.15) is 0 Å². The second kappa shape index (κ2) is 9.36. The maximum Gasteiger partial charge on any atom is 0.237 e. The van der Waals surface area contributed by atoms with E-state index in [-0.39, 0.29) is 11.6 Å². The Kier molecular flexibility index (Phi) is 6.39. The number of rotatable bonds is 7. The van der Waals surface area contributed by atoms with E-state index in [0.29, 0.717) is 22.5 Å². The standard InChI is InChI=1S/C22H18ClFN4O2S/c1-14(21(29)25-19-7-3-2-6-18(19)24)31-22-27-26-20(15-8-10-16(23)11-9-15)28(22)13-17-5-4-12-30-17/h2-12,14H,13H2,1H3,(H,25,29). The fourth-order valence-electron chi connectivity index (χ4n) is 2.90. The van der Waals surface area contributed by atoms with E-state index in [0.717, 1.165) is 11.3 Å².